The van der Waals surface area contributed by atoms with Crippen molar-refractivity contribution in [2.45, 2.75) is 31.4 Å². The van der Waals surface area contributed by atoms with E-state index in [0.29, 0.717) is 0 Å². The van der Waals surface area contributed by atoms with Gasteiger partial charge >= 0.3 is 0 Å². The molecule has 0 saturated carbocycles. The second-order valence-corrected chi connectivity index (χ2v) is 9.67. The van der Waals surface area contributed by atoms with Crippen LogP contribution in [0.4, 0.5) is 10.5 Å². The topological polar surface area (TPSA) is 70.6 Å². The normalized spacial score (nSPS) is 19.1. The Balaban J connectivity index is 1.76. The number of hydrazone groups is 1. The zero-order chi connectivity index (χ0) is 22.5. The first-order valence-corrected chi connectivity index (χ1v) is 11.4. The molecular formula is C26H23N3O2S. The molecular weight excluding hydrogens is 418 g/mol. The highest BCUT2D eigenvalue weighted by Gasteiger charge is 2.50. The van der Waals surface area contributed by atoms with Gasteiger partial charge in [-0.2, -0.15) is 5.10 Å². The monoisotopic (exact) mass is 441 g/mol. The summed E-state index contributed by atoms with van der Waals surface area (Å²) in [6.07, 6.45) is 0. The Bertz CT molecular complexity index is 1220. The molecule has 160 valence electrons. The van der Waals surface area contributed by atoms with E-state index in [1.807, 2.05) is 87.5 Å². The molecule has 3 aromatic carbocycles. The van der Waals surface area contributed by atoms with Gasteiger partial charge < -0.3 is 5.32 Å². The number of nitrogens with one attached hydrogen (secondary N) is 2. The molecule has 0 aromatic heterocycles. The first-order valence-electron chi connectivity index (χ1n) is 10.5. The van der Waals surface area contributed by atoms with Gasteiger partial charge in [-0.15, -0.1) is 0 Å². The molecule has 0 bridgehead atoms. The van der Waals surface area contributed by atoms with Crippen LogP contribution in [-0.2, 0) is 10.2 Å². The molecule has 0 aliphatic carbocycles. The van der Waals surface area contributed by atoms with Crippen LogP contribution in [-0.4, -0.2) is 22.1 Å². The highest BCUT2D eigenvalue weighted by atomic mass is 32.2. The van der Waals surface area contributed by atoms with E-state index >= 15 is 0 Å². The number of rotatable bonds is 3. The van der Waals surface area contributed by atoms with Gasteiger partial charge in [0.15, 0.2) is 0 Å². The summed E-state index contributed by atoms with van der Waals surface area (Å²) in [4.78, 5) is 25.4. The van der Waals surface area contributed by atoms with Crippen LogP contribution < -0.4 is 10.7 Å². The Hall–Kier alpha value is -3.38. The van der Waals surface area contributed by atoms with Gasteiger partial charge in [0.05, 0.1) is 11.0 Å². The Morgan fingerprint density at radius 1 is 0.875 bits per heavy atom. The molecule has 6 heteroatoms. The van der Waals surface area contributed by atoms with Crippen LogP contribution >= 0.6 is 11.8 Å². The molecule has 0 spiro atoms. The third-order valence-corrected chi connectivity index (χ3v) is 7.10. The van der Waals surface area contributed by atoms with E-state index in [-0.39, 0.29) is 16.4 Å². The van der Waals surface area contributed by atoms with Crippen molar-refractivity contribution in [2.24, 2.45) is 5.10 Å². The quantitative estimate of drug-likeness (QED) is 0.591. The Kier molecular flexibility index (Phi) is 4.90. The van der Waals surface area contributed by atoms with Gasteiger partial charge in [-0.1, -0.05) is 77.5 Å². The zero-order valence-corrected chi connectivity index (χ0v) is 18.9. The van der Waals surface area contributed by atoms with Crippen molar-refractivity contribution >= 4 is 34.3 Å². The maximum Gasteiger partial charge on any atom is 0.299 e. The van der Waals surface area contributed by atoms with Crippen molar-refractivity contribution in [3.8, 4) is 0 Å². The van der Waals surface area contributed by atoms with Crippen LogP contribution in [0.25, 0.3) is 0 Å². The van der Waals surface area contributed by atoms with Crippen LogP contribution in [0.15, 0.2) is 71.8 Å². The maximum absolute atomic E-state index is 13.7. The van der Waals surface area contributed by atoms with Gasteiger partial charge in [0.1, 0.15) is 5.41 Å². The molecule has 1 unspecified atom stereocenters. The van der Waals surface area contributed by atoms with Crippen LogP contribution in [0, 0.1) is 13.8 Å². The lowest BCUT2D eigenvalue weighted by Gasteiger charge is -2.30. The lowest BCUT2D eigenvalue weighted by atomic mass is 9.69. The Labute approximate surface area is 191 Å². The van der Waals surface area contributed by atoms with Crippen molar-refractivity contribution in [2.75, 3.05) is 5.32 Å². The van der Waals surface area contributed by atoms with E-state index < -0.39 is 5.41 Å². The number of hydrogen-bond donors (Lipinski definition) is 2. The molecule has 2 aliphatic heterocycles. The van der Waals surface area contributed by atoms with E-state index in [1.165, 1.54) is 11.8 Å². The van der Waals surface area contributed by atoms with E-state index in [2.05, 4.69) is 15.8 Å². The molecule has 0 radical (unpaired) electrons. The summed E-state index contributed by atoms with van der Waals surface area (Å²) in [6.45, 7) is 6.04. The number of anilines is 1. The number of fused-ring (bicyclic) bond motifs is 1. The second-order valence-electron chi connectivity index (χ2n) is 8.35. The average Bonchev–Trinajstić information content (AvgIpc) is 3.07. The van der Waals surface area contributed by atoms with E-state index in [9.17, 15) is 9.59 Å². The molecule has 2 N–H and O–H groups in total. The number of hydrogen-bond acceptors (Lipinski definition) is 4. The summed E-state index contributed by atoms with van der Waals surface area (Å²) in [7, 11) is 0. The number of carbonyl (C=O) groups is 2. The Morgan fingerprint density at radius 3 is 2.03 bits per heavy atom. The third-order valence-electron chi connectivity index (χ3n) is 6.21. The molecule has 1 atom stereocenters. The predicted octanol–water partition coefficient (Wildman–Crippen LogP) is 5.14. The summed E-state index contributed by atoms with van der Waals surface area (Å²) < 4.78 is 0. The van der Waals surface area contributed by atoms with Crippen LogP contribution in [0.5, 0.6) is 0 Å². The van der Waals surface area contributed by atoms with Crippen molar-refractivity contribution in [1.29, 1.82) is 0 Å². The van der Waals surface area contributed by atoms with Gasteiger partial charge in [0.2, 0.25) is 5.91 Å². The number of thioether (sulfide) groups is 1. The van der Waals surface area contributed by atoms with E-state index in [0.717, 1.165) is 44.8 Å². The fraction of sp³-hybridized carbons (Fsp3) is 0.192. The number of benzene rings is 3. The molecule has 2 amide bonds. The first kappa shape index (κ1) is 20.5. The van der Waals surface area contributed by atoms with Gasteiger partial charge in [-0.25, -0.2) is 5.43 Å². The summed E-state index contributed by atoms with van der Waals surface area (Å²) in [5, 5.41) is 7.18. The second kappa shape index (κ2) is 7.64. The van der Waals surface area contributed by atoms with E-state index in [4.69, 9.17) is 0 Å². The smallest absolute Gasteiger partial charge is 0.299 e. The molecule has 3 aromatic rings. The lowest BCUT2D eigenvalue weighted by molar-refractivity contribution is -0.118. The third kappa shape index (κ3) is 3.14. The van der Waals surface area contributed by atoms with Crippen molar-refractivity contribution in [3.63, 3.8) is 0 Å². The number of aryl methyl sites for hydroxylation is 2. The predicted molar refractivity (Wildman–Crippen MR) is 129 cm³/mol. The molecule has 32 heavy (non-hydrogen) atoms. The molecule has 5 rings (SSSR count). The first-order chi connectivity index (χ1) is 15.4. The summed E-state index contributed by atoms with van der Waals surface area (Å²) in [5.74, 6) is -0.0707. The minimum atomic E-state index is -0.971. The average molecular weight is 442 g/mol. The minimum Gasteiger partial charge on any atom is -0.324 e. The molecule has 5 nitrogen and oxygen atoms in total. The maximum atomic E-state index is 13.7. The molecule has 0 saturated heterocycles. The Morgan fingerprint density at radius 2 is 1.47 bits per heavy atom. The van der Waals surface area contributed by atoms with Gasteiger partial charge in [0.25, 0.3) is 5.24 Å². The van der Waals surface area contributed by atoms with Crippen LogP contribution in [0.2, 0.25) is 0 Å². The van der Waals surface area contributed by atoms with Crippen molar-refractivity contribution < 1.29 is 9.59 Å². The number of amides is 2. The lowest BCUT2D eigenvalue weighted by Crippen LogP contribution is -2.37. The highest BCUT2D eigenvalue weighted by molar-refractivity contribution is 8.14. The number of nitrogens with zero attached hydrogens (tertiary/aromatic N) is 1. The summed E-state index contributed by atoms with van der Waals surface area (Å²) in [6, 6.07) is 22.2. The van der Waals surface area contributed by atoms with Gasteiger partial charge in [-0.05, 0) is 49.6 Å². The molecule has 0 fully saturated rings. The minimum absolute atomic E-state index is 0.0707. The van der Waals surface area contributed by atoms with Gasteiger partial charge in [0, 0.05) is 11.3 Å². The van der Waals surface area contributed by atoms with Crippen molar-refractivity contribution in [1.82, 2.24) is 5.43 Å². The number of carbonyl (C=O) groups excluding carboxylic acids is 2. The molecule has 2 heterocycles. The van der Waals surface area contributed by atoms with Gasteiger partial charge in [-0.3, -0.25) is 9.59 Å². The fourth-order valence-corrected chi connectivity index (χ4v) is 5.27. The molecule has 2 aliphatic rings. The largest absolute Gasteiger partial charge is 0.324 e. The van der Waals surface area contributed by atoms with Crippen molar-refractivity contribution in [3.05, 3.63) is 100 Å². The fourth-order valence-electron chi connectivity index (χ4n) is 4.55. The van der Waals surface area contributed by atoms with Crippen LogP contribution in [0.1, 0.15) is 40.3 Å². The summed E-state index contributed by atoms with van der Waals surface area (Å²) in [5.41, 5.74) is 9.07. The van der Waals surface area contributed by atoms with Crippen LogP contribution in [0.3, 0.4) is 0 Å². The SMILES string of the molecule is Cc1ccc(C2(c3ccc(C)cc3)C(=O)Nc3ccc(C4=NNC(=O)SC4C)cc32)cc1. The standard InChI is InChI=1S/C26H23N3O2S/c1-15-4-9-19(10-5-15)26(20-11-6-16(2)7-12-20)21-14-18(8-13-22(21)27-24(26)30)23-17(3)32-25(31)29-28-23/h4-14,17H,1-3H3,(H,27,30)(H,29,31). The highest BCUT2D eigenvalue weighted by Crippen LogP contribution is 2.48. The zero-order valence-electron chi connectivity index (χ0n) is 18.1. The van der Waals surface area contributed by atoms with E-state index in [1.54, 1.807) is 0 Å². The summed E-state index contributed by atoms with van der Waals surface area (Å²) >= 11 is 1.21.